The van der Waals surface area contributed by atoms with E-state index in [1.54, 1.807) is 36.9 Å². The first-order valence-electron chi connectivity index (χ1n) is 13.8. The maximum atomic E-state index is 13.2. The number of piperidine rings is 1. The summed E-state index contributed by atoms with van der Waals surface area (Å²) in [5.74, 6) is 1.16. The summed E-state index contributed by atoms with van der Waals surface area (Å²) in [6, 6.07) is 5.47. The van der Waals surface area contributed by atoms with Gasteiger partial charge in [-0.25, -0.2) is 9.79 Å². The Morgan fingerprint density at radius 1 is 1.15 bits per heavy atom. The van der Waals surface area contributed by atoms with Crippen molar-refractivity contribution in [2.45, 2.75) is 77.1 Å². The number of nitrogens with zero attached hydrogens (tertiary/aromatic N) is 4. The maximum Gasteiger partial charge on any atom is 0.323 e. The Morgan fingerprint density at radius 2 is 1.85 bits per heavy atom. The van der Waals surface area contributed by atoms with Gasteiger partial charge in [-0.1, -0.05) is 37.0 Å². The molecule has 9 nitrogen and oxygen atoms in total. The number of nitrogens with one attached hydrogen (secondary N) is 2. The molecular formula is C28H40Cl2N6O3. The van der Waals surface area contributed by atoms with Gasteiger partial charge < -0.3 is 25.2 Å². The number of amides is 3. The van der Waals surface area contributed by atoms with Gasteiger partial charge in [0.25, 0.3) is 5.91 Å². The number of benzene rings is 1. The van der Waals surface area contributed by atoms with Gasteiger partial charge in [-0.3, -0.25) is 9.69 Å². The van der Waals surface area contributed by atoms with E-state index in [0.717, 1.165) is 51.2 Å². The van der Waals surface area contributed by atoms with Crippen LogP contribution in [0.15, 0.2) is 35.5 Å². The molecule has 3 amide bonds. The van der Waals surface area contributed by atoms with Crippen LogP contribution in [-0.2, 0) is 4.79 Å². The molecule has 0 saturated carbocycles. The van der Waals surface area contributed by atoms with Crippen LogP contribution in [0.4, 0.5) is 4.79 Å². The number of hydrogen-bond donors (Lipinski definition) is 2. The van der Waals surface area contributed by atoms with Crippen LogP contribution in [0.3, 0.4) is 0 Å². The van der Waals surface area contributed by atoms with Gasteiger partial charge in [0.05, 0.1) is 5.02 Å². The summed E-state index contributed by atoms with van der Waals surface area (Å²) in [7, 11) is 0. The predicted octanol–water partition coefficient (Wildman–Crippen LogP) is 4.50. The molecule has 3 aliphatic heterocycles. The predicted molar refractivity (Wildman–Crippen MR) is 155 cm³/mol. The highest BCUT2D eigenvalue weighted by Crippen LogP contribution is 2.37. The molecule has 2 fully saturated rings. The number of hydrogen-bond acceptors (Lipinski definition) is 6. The van der Waals surface area contributed by atoms with Gasteiger partial charge in [-0.2, -0.15) is 0 Å². The number of aliphatic imine (C=N–C) groups is 1. The SMILES string of the molecule is CCN(CC)CCNC(=O)N1C=CC(N2[C@@H]3CC[C@H]2C[C@@H](NC(=O)C(C)(C)Oc2ccc(Cl)cc2Cl)C3)=NC1. The van der Waals surface area contributed by atoms with E-state index in [4.69, 9.17) is 32.9 Å². The van der Waals surface area contributed by atoms with Crippen LogP contribution in [0.25, 0.3) is 0 Å². The number of amidine groups is 1. The number of carbonyl (C=O) groups excluding carboxylic acids is 2. The van der Waals surface area contributed by atoms with Crippen molar-refractivity contribution in [3.05, 3.63) is 40.5 Å². The summed E-state index contributed by atoms with van der Waals surface area (Å²) in [6.45, 7) is 11.4. The van der Waals surface area contributed by atoms with Gasteiger partial charge in [0.1, 0.15) is 18.3 Å². The molecule has 2 saturated heterocycles. The molecule has 1 aromatic carbocycles. The smallest absolute Gasteiger partial charge is 0.323 e. The van der Waals surface area contributed by atoms with E-state index < -0.39 is 5.60 Å². The summed E-state index contributed by atoms with van der Waals surface area (Å²) >= 11 is 12.2. The fourth-order valence-corrected chi connectivity index (χ4v) is 6.02. The van der Waals surface area contributed by atoms with E-state index in [-0.39, 0.29) is 18.0 Å². The maximum absolute atomic E-state index is 13.2. The Kier molecular flexibility index (Phi) is 9.67. The number of ether oxygens (including phenoxy) is 1. The zero-order valence-corrected chi connectivity index (χ0v) is 24.8. The molecule has 0 aromatic heterocycles. The standard InChI is InChI=1S/C28H40Cl2N6O3/c1-5-34(6-2)14-12-31-27(38)35-13-11-25(32-18-35)36-21-8-9-22(36)17-20(16-21)33-26(37)28(3,4)39-24-10-7-19(29)15-23(24)30/h7,10-11,13,15,20-22H,5-6,8-9,12,14,16-18H2,1-4H3,(H,31,38)(H,33,37)/t20-,21+,22-. The highest BCUT2D eigenvalue weighted by atomic mass is 35.5. The van der Waals surface area contributed by atoms with Crippen LogP contribution >= 0.6 is 23.2 Å². The number of halogens is 2. The molecule has 4 rings (SSSR count). The van der Waals surface area contributed by atoms with Gasteiger partial charge in [0.15, 0.2) is 5.60 Å². The van der Waals surface area contributed by atoms with Crippen molar-refractivity contribution in [1.29, 1.82) is 0 Å². The van der Waals surface area contributed by atoms with Crippen molar-refractivity contribution in [3.63, 3.8) is 0 Å². The summed E-state index contributed by atoms with van der Waals surface area (Å²) < 4.78 is 5.97. The third-order valence-corrected chi connectivity index (χ3v) is 8.32. The molecular weight excluding hydrogens is 539 g/mol. The van der Waals surface area contributed by atoms with E-state index in [1.807, 2.05) is 12.3 Å². The van der Waals surface area contributed by atoms with Crippen LogP contribution in [0, 0.1) is 0 Å². The average Bonchev–Trinajstić information content (AvgIpc) is 3.18. The van der Waals surface area contributed by atoms with E-state index in [9.17, 15) is 9.59 Å². The third-order valence-electron chi connectivity index (χ3n) is 7.79. The zero-order valence-electron chi connectivity index (χ0n) is 23.3. The molecule has 0 aliphatic carbocycles. The van der Waals surface area contributed by atoms with E-state index in [0.29, 0.717) is 41.1 Å². The molecule has 39 heavy (non-hydrogen) atoms. The summed E-state index contributed by atoms with van der Waals surface area (Å²) in [6.07, 6.45) is 7.54. The van der Waals surface area contributed by atoms with Gasteiger partial charge in [0.2, 0.25) is 0 Å². The number of rotatable bonds is 9. The monoisotopic (exact) mass is 578 g/mol. The Hall–Kier alpha value is -2.49. The van der Waals surface area contributed by atoms with Crippen molar-refractivity contribution in [2.24, 2.45) is 4.99 Å². The minimum Gasteiger partial charge on any atom is -0.476 e. The first-order valence-corrected chi connectivity index (χ1v) is 14.6. The number of likely N-dealkylation sites (N-methyl/N-ethyl adjacent to an activating group) is 1. The molecule has 0 spiro atoms. The Bertz CT molecular complexity index is 1090. The first-order chi connectivity index (χ1) is 18.6. The highest BCUT2D eigenvalue weighted by molar-refractivity contribution is 6.35. The van der Waals surface area contributed by atoms with Crippen molar-refractivity contribution >= 4 is 41.0 Å². The Labute approximate surface area is 241 Å². The van der Waals surface area contributed by atoms with Crippen LogP contribution in [0.1, 0.15) is 53.4 Å². The molecule has 11 heteroatoms. The topological polar surface area (TPSA) is 89.5 Å². The first kappa shape index (κ1) is 29.5. The molecule has 3 heterocycles. The van der Waals surface area contributed by atoms with Crippen LogP contribution in [-0.4, -0.2) is 89.0 Å². The average molecular weight is 580 g/mol. The lowest BCUT2D eigenvalue weighted by atomic mass is 9.95. The van der Waals surface area contributed by atoms with Crippen molar-refractivity contribution < 1.29 is 14.3 Å². The minimum atomic E-state index is -1.10. The lowest BCUT2D eigenvalue weighted by molar-refractivity contribution is -0.135. The van der Waals surface area contributed by atoms with Gasteiger partial charge in [-0.05, 0) is 76.9 Å². The van der Waals surface area contributed by atoms with Crippen LogP contribution in [0.5, 0.6) is 5.75 Å². The minimum absolute atomic E-state index is 0.0519. The molecule has 2 bridgehead atoms. The highest BCUT2D eigenvalue weighted by Gasteiger charge is 2.44. The Morgan fingerprint density at radius 3 is 2.44 bits per heavy atom. The molecule has 3 atom stereocenters. The van der Waals surface area contributed by atoms with E-state index in [2.05, 4.69) is 34.3 Å². The van der Waals surface area contributed by atoms with Gasteiger partial charge >= 0.3 is 6.03 Å². The summed E-state index contributed by atoms with van der Waals surface area (Å²) in [5, 5.41) is 7.07. The zero-order chi connectivity index (χ0) is 28.2. The van der Waals surface area contributed by atoms with Crippen LogP contribution < -0.4 is 15.4 Å². The normalized spacial score (nSPS) is 22.6. The van der Waals surface area contributed by atoms with Gasteiger partial charge in [0, 0.05) is 42.4 Å². The van der Waals surface area contributed by atoms with Crippen molar-refractivity contribution in [1.82, 2.24) is 25.3 Å². The van der Waals surface area contributed by atoms with Crippen molar-refractivity contribution in [3.8, 4) is 5.75 Å². The summed E-state index contributed by atoms with van der Waals surface area (Å²) in [5.41, 5.74) is -1.10. The van der Waals surface area contributed by atoms with Gasteiger partial charge in [-0.15, -0.1) is 0 Å². The van der Waals surface area contributed by atoms with Crippen LogP contribution in [0.2, 0.25) is 10.0 Å². The second-order valence-corrected chi connectivity index (χ2v) is 11.7. The second-order valence-electron chi connectivity index (χ2n) is 10.8. The Balaban J connectivity index is 1.28. The molecule has 1 aromatic rings. The molecule has 214 valence electrons. The fraction of sp³-hybridized carbons (Fsp3) is 0.607. The number of urea groups is 1. The molecule has 0 radical (unpaired) electrons. The largest absolute Gasteiger partial charge is 0.476 e. The molecule has 0 unspecified atom stereocenters. The fourth-order valence-electron chi connectivity index (χ4n) is 5.57. The number of carbonyl (C=O) groups is 2. The second kappa shape index (κ2) is 12.8. The number of fused-ring (bicyclic) bond motifs is 2. The molecule has 2 N–H and O–H groups in total. The third kappa shape index (κ3) is 7.18. The summed E-state index contributed by atoms with van der Waals surface area (Å²) in [4.78, 5) is 36.7. The quantitative estimate of drug-likeness (QED) is 0.450. The van der Waals surface area contributed by atoms with E-state index >= 15 is 0 Å². The van der Waals surface area contributed by atoms with E-state index in [1.165, 1.54) is 0 Å². The lowest BCUT2D eigenvalue weighted by Crippen LogP contribution is -2.56. The molecule has 3 aliphatic rings. The van der Waals surface area contributed by atoms with Crippen molar-refractivity contribution in [2.75, 3.05) is 32.8 Å². The lowest BCUT2D eigenvalue weighted by Gasteiger charge is -2.42.